The number of carbonyl (C=O) groups is 2. The fourth-order valence-corrected chi connectivity index (χ4v) is 3.20. The van der Waals surface area contributed by atoms with Crippen LogP contribution in [0.15, 0.2) is 60.7 Å². The molecule has 140 valence electrons. The number of hydrogen-bond donors (Lipinski definition) is 1. The summed E-state index contributed by atoms with van der Waals surface area (Å²) < 4.78 is 5.28. The quantitative estimate of drug-likeness (QED) is 0.830. The number of benzene rings is 2. The Kier molecular flexibility index (Phi) is 6.26. The molecule has 0 bridgehead atoms. The van der Waals surface area contributed by atoms with E-state index in [0.717, 1.165) is 18.4 Å². The first-order chi connectivity index (χ1) is 13.2. The topological polar surface area (TPSA) is 58.6 Å². The zero-order chi connectivity index (χ0) is 19.1. The number of nitrogens with zero attached hydrogens (tertiary/aromatic N) is 1. The van der Waals surface area contributed by atoms with Crippen molar-refractivity contribution in [1.29, 1.82) is 0 Å². The highest BCUT2D eigenvalue weighted by molar-refractivity contribution is 5.97. The maximum Gasteiger partial charge on any atom is 0.257 e. The number of rotatable bonds is 5. The van der Waals surface area contributed by atoms with Gasteiger partial charge in [0, 0.05) is 25.2 Å². The molecule has 0 radical (unpaired) electrons. The van der Waals surface area contributed by atoms with Crippen LogP contribution in [0.25, 0.3) is 6.08 Å². The number of likely N-dealkylation sites (tertiary alicyclic amines) is 1. The minimum atomic E-state index is -0.103. The first kappa shape index (κ1) is 18.7. The summed E-state index contributed by atoms with van der Waals surface area (Å²) in [7, 11) is 1.57. The van der Waals surface area contributed by atoms with Gasteiger partial charge in [-0.25, -0.2) is 0 Å². The normalized spacial score (nSPS) is 14.9. The van der Waals surface area contributed by atoms with Crippen molar-refractivity contribution in [3.8, 4) is 5.75 Å². The van der Waals surface area contributed by atoms with Crippen LogP contribution in [0.4, 0.5) is 0 Å². The van der Waals surface area contributed by atoms with E-state index in [-0.39, 0.29) is 17.9 Å². The van der Waals surface area contributed by atoms with Crippen molar-refractivity contribution in [2.24, 2.45) is 0 Å². The Morgan fingerprint density at radius 3 is 2.41 bits per heavy atom. The minimum Gasteiger partial charge on any atom is -0.496 e. The molecule has 2 aromatic rings. The molecule has 0 spiro atoms. The van der Waals surface area contributed by atoms with Crippen LogP contribution in [0.5, 0.6) is 5.75 Å². The molecule has 1 fully saturated rings. The van der Waals surface area contributed by atoms with E-state index < -0.39 is 0 Å². The second-order valence-corrected chi connectivity index (χ2v) is 6.52. The van der Waals surface area contributed by atoms with Gasteiger partial charge in [-0.3, -0.25) is 9.59 Å². The van der Waals surface area contributed by atoms with Crippen molar-refractivity contribution in [2.75, 3.05) is 20.2 Å². The summed E-state index contributed by atoms with van der Waals surface area (Å²) in [4.78, 5) is 26.6. The van der Waals surface area contributed by atoms with Gasteiger partial charge in [0.05, 0.1) is 12.7 Å². The molecule has 1 heterocycles. The van der Waals surface area contributed by atoms with E-state index in [1.165, 1.54) is 0 Å². The molecule has 3 rings (SSSR count). The third kappa shape index (κ3) is 4.97. The van der Waals surface area contributed by atoms with E-state index in [2.05, 4.69) is 5.32 Å². The van der Waals surface area contributed by atoms with Crippen LogP contribution >= 0.6 is 0 Å². The molecule has 0 aliphatic carbocycles. The molecule has 1 saturated heterocycles. The van der Waals surface area contributed by atoms with Crippen molar-refractivity contribution >= 4 is 17.9 Å². The molecular formula is C22H24N2O3. The fourth-order valence-electron chi connectivity index (χ4n) is 3.20. The zero-order valence-electron chi connectivity index (χ0n) is 15.4. The van der Waals surface area contributed by atoms with Crippen LogP contribution in [0.2, 0.25) is 0 Å². The summed E-state index contributed by atoms with van der Waals surface area (Å²) in [6.45, 7) is 1.23. The van der Waals surface area contributed by atoms with Gasteiger partial charge in [-0.2, -0.15) is 0 Å². The largest absolute Gasteiger partial charge is 0.496 e. The highest BCUT2D eigenvalue weighted by Gasteiger charge is 2.25. The SMILES string of the molecule is COc1ccccc1C(=O)N1CCC(NC(=O)/C=C/c2ccccc2)CC1. The van der Waals surface area contributed by atoms with Crippen LogP contribution < -0.4 is 10.1 Å². The first-order valence-electron chi connectivity index (χ1n) is 9.13. The molecule has 5 heteroatoms. The van der Waals surface area contributed by atoms with Gasteiger partial charge in [0.1, 0.15) is 5.75 Å². The van der Waals surface area contributed by atoms with Crippen molar-refractivity contribution < 1.29 is 14.3 Å². The summed E-state index contributed by atoms with van der Waals surface area (Å²) in [5.74, 6) is 0.457. The number of para-hydroxylation sites is 1. The van der Waals surface area contributed by atoms with Gasteiger partial charge in [-0.05, 0) is 36.6 Å². The van der Waals surface area contributed by atoms with Crippen molar-refractivity contribution in [3.63, 3.8) is 0 Å². The van der Waals surface area contributed by atoms with Gasteiger partial charge in [-0.1, -0.05) is 42.5 Å². The molecule has 0 atom stereocenters. The maximum absolute atomic E-state index is 12.7. The second kappa shape index (κ2) is 9.03. The summed E-state index contributed by atoms with van der Waals surface area (Å²) >= 11 is 0. The Bertz CT molecular complexity index is 809. The number of hydrogen-bond acceptors (Lipinski definition) is 3. The van der Waals surface area contributed by atoms with Gasteiger partial charge in [0.25, 0.3) is 5.91 Å². The Balaban J connectivity index is 1.51. The Hall–Kier alpha value is -3.08. The molecule has 1 N–H and O–H groups in total. The average molecular weight is 364 g/mol. The summed E-state index contributed by atoms with van der Waals surface area (Å²) in [6, 6.07) is 17.1. The van der Waals surface area contributed by atoms with Gasteiger partial charge < -0.3 is 15.0 Å². The molecule has 1 aliphatic heterocycles. The smallest absolute Gasteiger partial charge is 0.257 e. The lowest BCUT2D eigenvalue weighted by molar-refractivity contribution is -0.117. The van der Waals surface area contributed by atoms with Gasteiger partial charge >= 0.3 is 0 Å². The Morgan fingerprint density at radius 2 is 1.70 bits per heavy atom. The lowest BCUT2D eigenvalue weighted by Crippen LogP contribution is -2.46. The molecule has 2 aromatic carbocycles. The number of carbonyl (C=O) groups excluding carboxylic acids is 2. The third-order valence-corrected chi connectivity index (χ3v) is 4.69. The second-order valence-electron chi connectivity index (χ2n) is 6.52. The van der Waals surface area contributed by atoms with E-state index in [1.807, 2.05) is 47.4 Å². The molecule has 0 unspecified atom stereocenters. The average Bonchev–Trinajstić information content (AvgIpc) is 2.73. The highest BCUT2D eigenvalue weighted by Crippen LogP contribution is 2.21. The molecule has 27 heavy (non-hydrogen) atoms. The predicted octanol–water partition coefficient (Wildman–Crippen LogP) is 3.13. The summed E-state index contributed by atoms with van der Waals surface area (Å²) in [6.07, 6.45) is 4.84. The van der Waals surface area contributed by atoms with Crippen molar-refractivity contribution in [1.82, 2.24) is 10.2 Å². The van der Waals surface area contributed by atoms with Gasteiger partial charge in [0.15, 0.2) is 0 Å². The minimum absolute atomic E-state index is 0.0267. The van der Waals surface area contributed by atoms with E-state index in [0.29, 0.717) is 24.4 Å². The Labute approximate surface area is 159 Å². The summed E-state index contributed by atoms with van der Waals surface area (Å²) in [5.41, 5.74) is 1.57. The van der Waals surface area contributed by atoms with Gasteiger partial charge in [0.2, 0.25) is 5.91 Å². The molecule has 0 aromatic heterocycles. The molecule has 5 nitrogen and oxygen atoms in total. The number of piperidine rings is 1. The van der Waals surface area contributed by atoms with Crippen molar-refractivity contribution in [3.05, 3.63) is 71.8 Å². The van der Waals surface area contributed by atoms with E-state index >= 15 is 0 Å². The maximum atomic E-state index is 12.7. The predicted molar refractivity (Wildman–Crippen MR) is 106 cm³/mol. The van der Waals surface area contributed by atoms with Gasteiger partial charge in [-0.15, -0.1) is 0 Å². The third-order valence-electron chi connectivity index (χ3n) is 4.69. The van der Waals surface area contributed by atoms with Crippen LogP contribution in [0.3, 0.4) is 0 Å². The van der Waals surface area contributed by atoms with E-state index in [4.69, 9.17) is 4.74 Å². The number of nitrogens with one attached hydrogen (secondary N) is 1. The lowest BCUT2D eigenvalue weighted by atomic mass is 10.0. The van der Waals surface area contributed by atoms with Crippen LogP contribution in [0.1, 0.15) is 28.8 Å². The molecular weight excluding hydrogens is 340 g/mol. The standard InChI is InChI=1S/C22H24N2O3/c1-27-20-10-6-5-9-19(20)22(26)24-15-13-18(14-16-24)23-21(25)12-11-17-7-3-2-4-8-17/h2-12,18H,13-16H2,1H3,(H,23,25)/b12-11+. The van der Waals surface area contributed by atoms with Crippen molar-refractivity contribution in [2.45, 2.75) is 18.9 Å². The fraction of sp³-hybridized carbons (Fsp3) is 0.273. The molecule has 2 amide bonds. The highest BCUT2D eigenvalue weighted by atomic mass is 16.5. The molecule has 1 aliphatic rings. The summed E-state index contributed by atoms with van der Waals surface area (Å²) in [5, 5.41) is 3.02. The van der Waals surface area contributed by atoms with E-state index in [1.54, 1.807) is 31.4 Å². The first-order valence-corrected chi connectivity index (χ1v) is 9.13. The lowest BCUT2D eigenvalue weighted by Gasteiger charge is -2.32. The van der Waals surface area contributed by atoms with E-state index in [9.17, 15) is 9.59 Å². The number of amides is 2. The Morgan fingerprint density at radius 1 is 1.04 bits per heavy atom. The monoisotopic (exact) mass is 364 g/mol. The van der Waals surface area contributed by atoms with Crippen LogP contribution in [-0.2, 0) is 4.79 Å². The van der Waals surface area contributed by atoms with Crippen LogP contribution in [0, 0.1) is 0 Å². The zero-order valence-corrected chi connectivity index (χ0v) is 15.4. The van der Waals surface area contributed by atoms with Crippen LogP contribution in [-0.4, -0.2) is 43.0 Å². The number of methoxy groups -OCH3 is 1. The molecule has 0 saturated carbocycles. The number of ether oxygens (including phenoxy) is 1.